The maximum absolute atomic E-state index is 4.30. The number of aliphatic imine (C=N–C) groups is 1. The van der Waals surface area contributed by atoms with Crippen LogP contribution in [0.4, 0.5) is 0 Å². The first-order valence-electron chi connectivity index (χ1n) is 4.03. The Balaban J connectivity index is 0.000000281. The molecule has 0 aromatic carbocycles. The van der Waals surface area contributed by atoms with Crippen LogP contribution < -0.4 is 0 Å². The van der Waals surface area contributed by atoms with E-state index in [2.05, 4.69) is 22.2 Å². The van der Waals surface area contributed by atoms with Gasteiger partial charge in [-0.3, -0.25) is 4.99 Å². The predicted molar refractivity (Wildman–Crippen MR) is 51.7 cm³/mol. The van der Waals surface area contributed by atoms with Gasteiger partial charge in [0.2, 0.25) is 0 Å². The number of amidine groups is 1. The first-order chi connectivity index (χ1) is 5.38. The average molecular weight is 170 g/mol. The number of hydrogen-bond donors (Lipinski definition) is 0. The SMILES string of the molecule is CC.CC1=CSC2=NCCN12. The molecule has 2 heterocycles. The molecule has 11 heavy (non-hydrogen) atoms. The first-order valence-corrected chi connectivity index (χ1v) is 4.91. The Morgan fingerprint density at radius 2 is 2.27 bits per heavy atom. The van der Waals surface area contributed by atoms with Crippen molar-refractivity contribution in [2.24, 2.45) is 4.99 Å². The maximum atomic E-state index is 4.30. The predicted octanol–water partition coefficient (Wildman–Crippen LogP) is 2.29. The van der Waals surface area contributed by atoms with Crippen LogP contribution in [0, 0.1) is 0 Å². The molecule has 2 rings (SSSR count). The second-order valence-corrected chi connectivity index (χ2v) is 3.03. The smallest absolute Gasteiger partial charge is 0.167 e. The highest BCUT2D eigenvalue weighted by Crippen LogP contribution is 2.27. The lowest BCUT2D eigenvalue weighted by Gasteiger charge is -2.11. The molecule has 3 heteroatoms. The van der Waals surface area contributed by atoms with Gasteiger partial charge in [0, 0.05) is 12.2 Å². The van der Waals surface area contributed by atoms with Crippen LogP contribution in [-0.2, 0) is 0 Å². The maximum Gasteiger partial charge on any atom is 0.167 e. The molecule has 0 N–H and O–H groups in total. The van der Waals surface area contributed by atoms with Crippen LogP contribution in [0.3, 0.4) is 0 Å². The van der Waals surface area contributed by atoms with Gasteiger partial charge in [-0.2, -0.15) is 0 Å². The van der Waals surface area contributed by atoms with Gasteiger partial charge in [0.25, 0.3) is 0 Å². The summed E-state index contributed by atoms with van der Waals surface area (Å²) in [7, 11) is 0. The second-order valence-electron chi connectivity index (χ2n) is 2.19. The Morgan fingerprint density at radius 3 is 2.91 bits per heavy atom. The van der Waals surface area contributed by atoms with E-state index in [1.165, 1.54) is 10.9 Å². The van der Waals surface area contributed by atoms with E-state index in [-0.39, 0.29) is 0 Å². The van der Waals surface area contributed by atoms with Crippen molar-refractivity contribution in [3.8, 4) is 0 Å². The highest BCUT2D eigenvalue weighted by molar-refractivity contribution is 8.16. The molecule has 0 radical (unpaired) electrons. The molecule has 0 unspecified atom stereocenters. The quantitative estimate of drug-likeness (QED) is 0.554. The van der Waals surface area contributed by atoms with Crippen molar-refractivity contribution in [2.75, 3.05) is 13.1 Å². The molecule has 2 aliphatic rings. The number of hydrogen-bond acceptors (Lipinski definition) is 3. The summed E-state index contributed by atoms with van der Waals surface area (Å²) < 4.78 is 0. The van der Waals surface area contributed by atoms with Crippen LogP contribution in [0.15, 0.2) is 16.1 Å². The zero-order valence-corrected chi connectivity index (χ0v) is 8.11. The van der Waals surface area contributed by atoms with Gasteiger partial charge in [-0.15, -0.1) is 0 Å². The van der Waals surface area contributed by atoms with Gasteiger partial charge in [-0.05, 0) is 12.3 Å². The van der Waals surface area contributed by atoms with Gasteiger partial charge in [-0.1, -0.05) is 25.6 Å². The number of fused-ring (bicyclic) bond motifs is 1. The van der Waals surface area contributed by atoms with Crippen LogP contribution in [0.5, 0.6) is 0 Å². The number of thioether (sulfide) groups is 1. The summed E-state index contributed by atoms with van der Waals surface area (Å²) in [4.78, 5) is 6.56. The molecule has 2 nitrogen and oxygen atoms in total. The van der Waals surface area contributed by atoms with Crippen molar-refractivity contribution in [2.45, 2.75) is 20.8 Å². The molecule has 2 aliphatic heterocycles. The van der Waals surface area contributed by atoms with E-state index >= 15 is 0 Å². The molecule has 0 saturated carbocycles. The molecule has 62 valence electrons. The van der Waals surface area contributed by atoms with Crippen LogP contribution in [0.25, 0.3) is 0 Å². The van der Waals surface area contributed by atoms with Gasteiger partial charge >= 0.3 is 0 Å². The minimum Gasteiger partial charge on any atom is -0.323 e. The molecule has 0 bridgehead atoms. The molecule has 0 atom stereocenters. The summed E-state index contributed by atoms with van der Waals surface area (Å²) >= 11 is 1.73. The van der Waals surface area contributed by atoms with E-state index in [1.807, 2.05) is 13.8 Å². The lowest BCUT2D eigenvalue weighted by atomic mass is 10.5. The average Bonchev–Trinajstić information content (AvgIpc) is 2.60. The topological polar surface area (TPSA) is 15.6 Å². The third-order valence-electron chi connectivity index (χ3n) is 1.56. The third-order valence-corrected chi connectivity index (χ3v) is 2.58. The molecule has 0 aromatic heterocycles. The Kier molecular flexibility index (Phi) is 3.00. The molecule has 0 aliphatic carbocycles. The van der Waals surface area contributed by atoms with E-state index in [9.17, 15) is 0 Å². The zero-order chi connectivity index (χ0) is 8.27. The number of rotatable bonds is 0. The Labute approximate surface area is 72.4 Å². The summed E-state index contributed by atoms with van der Waals surface area (Å²) in [6, 6.07) is 0. The third kappa shape index (κ3) is 1.59. The fourth-order valence-corrected chi connectivity index (χ4v) is 1.99. The second kappa shape index (κ2) is 3.81. The highest BCUT2D eigenvalue weighted by atomic mass is 32.2. The van der Waals surface area contributed by atoms with E-state index in [0.29, 0.717) is 0 Å². The van der Waals surface area contributed by atoms with Gasteiger partial charge in [0.15, 0.2) is 5.17 Å². The van der Waals surface area contributed by atoms with E-state index < -0.39 is 0 Å². The van der Waals surface area contributed by atoms with Gasteiger partial charge in [-0.25, -0.2) is 0 Å². The van der Waals surface area contributed by atoms with Gasteiger partial charge in [0.05, 0.1) is 6.54 Å². The lowest BCUT2D eigenvalue weighted by Crippen LogP contribution is -2.18. The van der Waals surface area contributed by atoms with Crippen molar-refractivity contribution in [1.29, 1.82) is 0 Å². The molecular formula is C8H14N2S. The summed E-state index contributed by atoms with van der Waals surface area (Å²) in [6.45, 7) is 8.19. The molecule has 0 aromatic rings. The number of allylic oxidation sites excluding steroid dienone is 1. The largest absolute Gasteiger partial charge is 0.323 e. The number of nitrogens with zero attached hydrogens (tertiary/aromatic N) is 2. The molecule has 0 fully saturated rings. The van der Waals surface area contributed by atoms with E-state index in [1.54, 1.807) is 11.8 Å². The molecular weight excluding hydrogens is 156 g/mol. The van der Waals surface area contributed by atoms with Crippen LogP contribution in [-0.4, -0.2) is 23.2 Å². The van der Waals surface area contributed by atoms with Crippen LogP contribution >= 0.6 is 11.8 Å². The summed E-state index contributed by atoms with van der Waals surface area (Å²) in [5.41, 5.74) is 1.34. The van der Waals surface area contributed by atoms with E-state index in [0.717, 1.165) is 13.1 Å². The Hall–Kier alpha value is -0.440. The minimum atomic E-state index is 0.980. The lowest BCUT2D eigenvalue weighted by molar-refractivity contribution is 0.576. The van der Waals surface area contributed by atoms with Gasteiger partial charge < -0.3 is 4.90 Å². The van der Waals surface area contributed by atoms with Crippen LogP contribution in [0.2, 0.25) is 0 Å². The minimum absolute atomic E-state index is 0.980. The summed E-state index contributed by atoms with van der Waals surface area (Å²) in [5.74, 6) is 0. The van der Waals surface area contributed by atoms with Crippen molar-refractivity contribution < 1.29 is 0 Å². The highest BCUT2D eigenvalue weighted by Gasteiger charge is 2.22. The van der Waals surface area contributed by atoms with Crippen molar-refractivity contribution in [3.05, 3.63) is 11.1 Å². The zero-order valence-electron chi connectivity index (χ0n) is 7.29. The fraction of sp³-hybridized carbons (Fsp3) is 0.625. The standard InChI is InChI=1S/C6H8N2S.C2H6/c1-5-4-9-6-7-2-3-8(5)6;1-2/h4H,2-3H2,1H3;1-2H3. The summed E-state index contributed by atoms with van der Waals surface area (Å²) in [6.07, 6.45) is 0. The molecule has 0 saturated heterocycles. The summed E-state index contributed by atoms with van der Waals surface area (Å²) in [5, 5.41) is 3.34. The monoisotopic (exact) mass is 170 g/mol. The molecule has 0 spiro atoms. The molecule has 0 amide bonds. The van der Waals surface area contributed by atoms with E-state index in [4.69, 9.17) is 0 Å². The van der Waals surface area contributed by atoms with Gasteiger partial charge in [0.1, 0.15) is 0 Å². The fourth-order valence-electron chi connectivity index (χ4n) is 1.06. The van der Waals surface area contributed by atoms with Crippen molar-refractivity contribution in [1.82, 2.24) is 4.90 Å². The Bertz CT molecular complexity index is 196. The van der Waals surface area contributed by atoms with Crippen molar-refractivity contribution in [3.63, 3.8) is 0 Å². The first kappa shape index (κ1) is 8.65. The van der Waals surface area contributed by atoms with Crippen LogP contribution in [0.1, 0.15) is 20.8 Å². The normalized spacial score (nSPS) is 20.1. The Morgan fingerprint density at radius 1 is 1.55 bits per heavy atom. The van der Waals surface area contributed by atoms with Crippen molar-refractivity contribution >= 4 is 16.9 Å².